The number of hydrogen-bond acceptors (Lipinski definition) is 3. The smallest absolute Gasteiger partial charge is 0.266 e. The molecule has 0 aliphatic rings. The summed E-state index contributed by atoms with van der Waals surface area (Å²) >= 11 is 15.5. The molecule has 3 rings (SSSR count). The van der Waals surface area contributed by atoms with E-state index in [0.717, 1.165) is 4.47 Å². The van der Waals surface area contributed by atoms with E-state index in [1.54, 1.807) is 54.6 Å². The Hall–Kier alpha value is -2.52. The van der Waals surface area contributed by atoms with Gasteiger partial charge in [0.2, 0.25) is 0 Å². The van der Waals surface area contributed by atoms with Gasteiger partial charge in [-0.25, -0.2) is 0 Å². The lowest BCUT2D eigenvalue weighted by Gasteiger charge is -2.04. The third kappa shape index (κ3) is 4.81. The summed E-state index contributed by atoms with van der Waals surface area (Å²) in [5.74, 6) is 0.307. The fourth-order valence-electron chi connectivity index (χ4n) is 2.28. The van der Waals surface area contributed by atoms with Crippen LogP contribution in [0.5, 0.6) is 0 Å². The normalized spacial score (nSPS) is 11.1. The monoisotopic (exact) mass is 460 g/mol. The SMILES string of the molecule is N#C/C(=C/c1ccc(-c2cc(Cl)ccc2Cl)o1)C(=O)Nc1ccc(Br)cc1. The van der Waals surface area contributed by atoms with Gasteiger partial charge < -0.3 is 9.73 Å². The summed E-state index contributed by atoms with van der Waals surface area (Å²) in [6.45, 7) is 0. The number of benzene rings is 2. The van der Waals surface area contributed by atoms with Gasteiger partial charge in [-0.15, -0.1) is 0 Å². The first-order chi connectivity index (χ1) is 13.0. The van der Waals surface area contributed by atoms with Gasteiger partial charge in [-0.3, -0.25) is 4.79 Å². The van der Waals surface area contributed by atoms with Gasteiger partial charge >= 0.3 is 0 Å². The summed E-state index contributed by atoms with van der Waals surface area (Å²) in [6.07, 6.45) is 1.37. The summed E-state index contributed by atoms with van der Waals surface area (Å²) in [6, 6.07) is 17.3. The maximum Gasteiger partial charge on any atom is 0.266 e. The number of halogens is 3. The Labute approximate surface area is 174 Å². The molecule has 1 N–H and O–H groups in total. The number of carbonyl (C=O) groups excluding carboxylic acids is 1. The van der Waals surface area contributed by atoms with E-state index in [0.29, 0.717) is 32.8 Å². The zero-order valence-corrected chi connectivity index (χ0v) is 16.8. The van der Waals surface area contributed by atoms with Gasteiger partial charge in [-0.1, -0.05) is 39.1 Å². The number of nitriles is 1. The Morgan fingerprint density at radius 1 is 1.11 bits per heavy atom. The van der Waals surface area contributed by atoms with Crippen molar-refractivity contribution in [3.63, 3.8) is 0 Å². The molecule has 0 atom stereocenters. The average molecular weight is 462 g/mol. The van der Waals surface area contributed by atoms with Gasteiger partial charge in [0.05, 0.1) is 5.02 Å². The lowest BCUT2D eigenvalue weighted by Crippen LogP contribution is -2.13. The molecular weight excluding hydrogens is 451 g/mol. The van der Waals surface area contributed by atoms with Crippen LogP contribution in [0.2, 0.25) is 10.0 Å². The minimum absolute atomic E-state index is 0.0870. The molecule has 0 saturated carbocycles. The first-order valence-corrected chi connectivity index (χ1v) is 9.25. The largest absolute Gasteiger partial charge is 0.457 e. The Bertz CT molecular complexity index is 1070. The summed E-state index contributed by atoms with van der Waals surface area (Å²) in [5, 5.41) is 13.0. The summed E-state index contributed by atoms with van der Waals surface area (Å²) in [4.78, 5) is 12.3. The van der Waals surface area contributed by atoms with Gasteiger partial charge in [-0.05, 0) is 54.6 Å². The molecule has 1 aromatic heterocycles. The summed E-state index contributed by atoms with van der Waals surface area (Å²) in [7, 11) is 0. The van der Waals surface area contributed by atoms with Gasteiger partial charge in [0.15, 0.2) is 0 Å². The highest BCUT2D eigenvalue weighted by molar-refractivity contribution is 9.10. The van der Waals surface area contributed by atoms with E-state index in [1.165, 1.54) is 6.08 Å². The van der Waals surface area contributed by atoms with Crippen LogP contribution in [0, 0.1) is 11.3 Å². The number of anilines is 1. The van der Waals surface area contributed by atoms with Crippen molar-refractivity contribution in [3.8, 4) is 17.4 Å². The van der Waals surface area contributed by atoms with Crippen molar-refractivity contribution in [2.45, 2.75) is 0 Å². The predicted octanol–water partition coefficient (Wildman–Crippen LogP) is 6.56. The molecule has 0 bridgehead atoms. The summed E-state index contributed by atoms with van der Waals surface area (Å²) in [5.41, 5.74) is 1.12. The Balaban J connectivity index is 1.83. The van der Waals surface area contributed by atoms with Crippen molar-refractivity contribution < 1.29 is 9.21 Å². The van der Waals surface area contributed by atoms with Gasteiger partial charge in [0.25, 0.3) is 5.91 Å². The molecule has 3 aromatic rings. The molecule has 4 nitrogen and oxygen atoms in total. The second-order valence-corrected chi connectivity index (χ2v) is 7.22. The average Bonchev–Trinajstić information content (AvgIpc) is 3.12. The van der Waals surface area contributed by atoms with E-state index in [9.17, 15) is 10.1 Å². The van der Waals surface area contributed by atoms with Crippen molar-refractivity contribution in [3.05, 3.63) is 80.4 Å². The molecule has 134 valence electrons. The van der Waals surface area contributed by atoms with Crippen LogP contribution in [-0.2, 0) is 4.79 Å². The van der Waals surface area contributed by atoms with Crippen LogP contribution in [0.15, 0.2) is 69.1 Å². The number of nitrogens with one attached hydrogen (secondary N) is 1. The first-order valence-electron chi connectivity index (χ1n) is 7.70. The van der Waals surface area contributed by atoms with E-state index in [1.807, 2.05) is 6.07 Å². The van der Waals surface area contributed by atoms with Gasteiger partial charge in [0, 0.05) is 26.8 Å². The quantitative estimate of drug-likeness (QED) is 0.353. The highest BCUT2D eigenvalue weighted by Gasteiger charge is 2.13. The maximum absolute atomic E-state index is 12.3. The molecule has 1 heterocycles. The van der Waals surface area contributed by atoms with E-state index in [2.05, 4.69) is 21.2 Å². The fourth-order valence-corrected chi connectivity index (χ4v) is 2.93. The Kier molecular flexibility index (Phi) is 6.02. The first kappa shape index (κ1) is 19.2. The highest BCUT2D eigenvalue weighted by atomic mass is 79.9. The van der Waals surface area contributed by atoms with Crippen LogP contribution in [-0.4, -0.2) is 5.91 Å². The molecule has 0 spiro atoms. The Morgan fingerprint density at radius 3 is 2.56 bits per heavy atom. The third-order valence-electron chi connectivity index (χ3n) is 3.57. The number of rotatable bonds is 4. The van der Waals surface area contributed by atoms with E-state index in [-0.39, 0.29) is 5.57 Å². The minimum Gasteiger partial charge on any atom is -0.457 e. The number of furan rings is 1. The van der Waals surface area contributed by atoms with Crippen LogP contribution < -0.4 is 5.32 Å². The van der Waals surface area contributed by atoms with Crippen molar-refractivity contribution in [2.24, 2.45) is 0 Å². The predicted molar refractivity (Wildman–Crippen MR) is 111 cm³/mol. The van der Waals surface area contributed by atoms with Gasteiger partial charge in [-0.2, -0.15) is 5.26 Å². The van der Waals surface area contributed by atoms with Gasteiger partial charge in [0.1, 0.15) is 23.2 Å². The number of carbonyl (C=O) groups is 1. The van der Waals surface area contributed by atoms with Crippen LogP contribution in [0.3, 0.4) is 0 Å². The third-order valence-corrected chi connectivity index (χ3v) is 4.67. The Morgan fingerprint density at radius 2 is 1.85 bits per heavy atom. The van der Waals surface area contributed by atoms with Crippen LogP contribution in [0.1, 0.15) is 5.76 Å². The maximum atomic E-state index is 12.3. The van der Waals surface area contributed by atoms with E-state index in [4.69, 9.17) is 27.6 Å². The summed E-state index contributed by atoms with van der Waals surface area (Å²) < 4.78 is 6.59. The lowest BCUT2D eigenvalue weighted by atomic mass is 10.2. The molecule has 0 unspecified atom stereocenters. The molecule has 0 aliphatic carbocycles. The molecule has 0 fully saturated rings. The zero-order chi connectivity index (χ0) is 19.4. The van der Waals surface area contributed by atoms with E-state index < -0.39 is 5.91 Å². The van der Waals surface area contributed by atoms with Crippen molar-refractivity contribution in [2.75, 3.05) is 5.32 Å². The number of nitrogens with zero attached hydrogens (tertiary/aromatic N) is 1. The molecule has 0 saturated heterocycles. The molecule has 7 heteroatoms. The van der Waals surface area contributed by atoms with E-state index >= 15 is 0 Å². The van der Waals surface area contributed by atoms with Crippen LogP contribution >= 0.6 is 39.1 Å². The molecule has 0 radical (unpaired) electrons. The van der Waals surface area contributed by atoms with Crippen LogP contribution in [0.4, 0.5) is 5.69 Å². The van der Waals surface area contributed by atoms with Crippen molar-refractivity contribution in [1.29, 1.82) is 5.26 Å². The fraction of sp³-hybridized carbons (Fsp3) is 0. The highest BCUT2D eigenvalue weighted by Crippen LogP contribution is 2.32. The molecular formula is C20H11BrCl2N2O2. The number of amides is 1. The second kappa shape index (κ2) is 8.45. The van der Waals surface area contributed by atoms with Crippen molar-refractivity contribution in [1.82, 2.24) is 0 Å². The van der Waals surface area contributed by atoms with Crippen LogP contribution in [0.25, 0.3) is 17.4 Å². The zero-order valence-electron chi connectivity index (χ0n) is 13.7. The molecule has 2 aromatic carbocycles. The number of hydrogen-bond donors (Lipinski definition) is 1. The topological polar surface area (TPSA) is 66.0 Å². The minimum atomic E-state index is -0.529. The van der Waals surface area contributed by atoms with Crippen molar-refractivity contribution >= 4 is 56.8 Å². The lowest BCUT2D eigenvalue weighted by molar-refractivity contribution is -0.112. The molecule has 1 amide bonds. The molecule has 0 aliphatic heterocycles. The standard InChI is InChI=1S/C20H11BrCl2N2O2/c21-13-1-4-15(5-2-13)25-20(26)12(11-24)9-16-6-8-19(27-16)17-10-14(22)3-7-18(17)23/h1-10H,(H,25,26)/b12-9-. The molecule has 27 heavy (non-hydrogen) atoms. The second-order valence-electron chi connectivity index (χ2n) is 5.46.